The van der Waals surface area contributed by atoms with Gasteiger partial charge in [-0.05, 0) is 43.0 Å². The predicted molar refractivity (Wildman–Crippen MR) is 150 cm³/mol. The molecule has 0 radical (unpaired) electrons. The lowest BCUT2D eigenvalue weighted by Gasteiger charge is -2.32. The Labute approximate surface area is 236 Å². The van der Waals surface area contributed by atoms with Crippen LogP contribution in [0.15, 0.2) is 53.9 Å². The number of nitrogens with zero attached hydrogens (tertiary/aromatic N) is 7. The van der Waals surface area contributed by atoms with Gasteiger partial charge in [0.25, 0.3) is 0 Å². The number of rotatable bonds is 9. The standard InChI is InChI=1S/C28H31ClN8O3/c29-20-3-1-18(2-4-20)13-24-31-9-5-26(34-24)40-21-6-10-36(11-7-21)17-25-33-23-14-19(27(30)35-38)15-32-28(23)37(25)16-22-8-12-39-22/h1-5,9,14-15,21-22,38H,6-8,10-13,16-17H2,(H2,30,35)/t22-/m0/s1. The molecule has 4 aromatic rings. The molecular formula is C28H31ClN8O3. The summed E-state index contributed by atoms with van der Waals surface area (Å²) in [6.45, 7) is 3.93. The summed E-state index contributed by atoms with van der Waals surface area (Å²) in [6.07, 6.45) is 7.02. The number of hydrogen-bond donors (Lipinski definition) is 2. The summed E-state index contributed by atoms with van der Waals surface area (Å²) in [5.74, 6) is 2.26. The Balaban J connectivity index is 1.09. The van der Waals surface area contributed by atoms with Crippen LogP contribution in [0.3, 0.4) is 0 Å². The molecule has 0 amide bonds. The van der Waals surface area contributed by atoms with E-state index in [-0.39, 0.29) is 18.0 Å². The highest BCUT2D eigenvalue weighted by Crippen LogP contribution is 2.24. The van der Waals surface area contributed by atoms with Crippen molar-refractivity contribution in [2.24, 2.45) is 10.9 Å². The number of ether oxygens (including phenoxy) is 2. The Morgan fingerprint density at radius 2 is 1.93 bits per heavy atom. The predicted octanol–water partition coefficient (Wildman–Crippen LogP) is 3.39. The van der Waals surface area contributed by atoms with Crippen molar-refractivity contribution in [1.82, 2.24) is 29.4 Å². The smallest absolute Gasteiger partial charge is 0.216 e. The molecule has 40 heavy (non-hydrogen) atoms. The van der Waals surface area contributed by atoms with Gasteiger partial charge in [0.05, 0.1) is 19.2 Å². The minimum absolute atomic E-state index is 0.00989. The number of hydrogen-bond acceptors (Lipinski definition) is 9. The van der Waals surface area contributed by atoms with Crippen LogP contribution < -0.4 is 10.5 Å². The highest BCUT2D eigenvalue weighted by molar-refractivity contribution is 6.30. The Bertz CT molecular complexity index is 1500. The lowest BCUT2D eigenvalue weighted by molar-refractivity contribution is -0.0593. The first-order chi connectivity index (χ1) is 19.5. The Hall–Kier alpha value is -3.80. The van der Waals surface area contributed by atoms with Gasteiger partial charge in [-0.25, -0.2) is 15.0 Å². The van der Waals surface area contributed by atoms with Crippen molar-refractivity contribution in [3.05, 3.63) is 76.6 Å². The molecule has 1 aromatic carbocycles. The zero-order valence-corrected chi connectivity index (χ0v) is 22.7. The third-order valence-electron chi connectivity index (χ3n) is 7.39. The molecule has 6 rings (SSSR count). The van der Waals surface area contributed by atoms with Crippen molar-refractivity contribution in [1.29, 1.82) is 0 Å². The molecule has 2 saturated heterocycles. The second kappa shape index (κ2) is 11.7. The van der Waals surface area contributed by atoms with Gasteiger partial charge >= 0.3 is 0 Å². The van der Waals surface area contributed by atoms with Crippen LogP contribution in [-0.4, -0.2) is 72.4 Å². The van der Waals surface area contributed by atoms with E-state index in [0.29, 0.717) is 36.0 Å². The van der Waals surface area contributed by atoms with Gasteiger partial charge in [-0.3, -0.25) is 4.90 Å². The van der Waals surface area contributed by atoms with Crippen molar-refractivity contribution in [3.63, 3.8) is 0 Å². The van der Waals surface area contributed by atoms with Crippen LogP contribution in [0, 0.1) is 0 Å². The number of piperidine rings is 1. The second-order valence-corrected chi connectivity index (χ2v) is 10.6. The first kappa shape index (κ1) is 26.4. The first-order valence-corrected chi connectivity index (χ1v) is 13.8. The third-order valence-corrected chi connectivity index (χ3v) is 7.64. The molecule has 1 atom stereocenters. The van der Waals surface area contributed by atoms with Gasteiger partial charge < -0.3 is 25.0 Å². The lowest BCUT2D eigenvalue weighted by Crippen LogP contribution is -2.39. The monoisotopic (exact) mass is 562 g/mol. The maximum atomic E-state index is 9.06. The van der Waals surface area contributed by atoms with Crippen LogP contribution in [0.4, 0.5) is 0 Å². The largest absolute Gasteiger partial charge is 0.474 e. The third kappa shape index (κ3) is 6.01. The second-order valence-electron chi connectivity index (χ2n) is 10.2. The van der Waals surface area contributed by atoms with Crippen LogP contribution in [0.2, 0.25) is 5.02 Å². The van der Waals surface area contributed by atoms with Gasteiger partial charge in [0.2, 0.25) is 5.88 Å². The van der Waals surface area contributed by atoms with Gasteiger partial charge in [0.15, 0.2) is 11.5 Å². The van der Waals surface area contributed by atoms with E-state index in [1.54, 1.807) is 12.4 Å². The van der Waals surface area contributed by atoms with E-state index in [4.69, 9.17) is 37.0 Å². The number of imidazole rings is 1. The summed E-state index contributed by atoms with van der Waals surface area (Å²) in [4.78, 5) is 20.9. The topological polar surface area (TPSA) is 137 Å². The number of halogens is 1. The van der Waals surface area contributed by atoms with Crippen molar-refractivity contribution in [3.8, 4) is 5.88 Å². The van der Waals surface area contributed by atoms with E-state index >= 15 is 0 Å². The molecule has 208 valence electrons. The van der Waals surface area contributed by atoms with Crippen LogP contribution in [0.5, 0.6) is 5.88 Å². The highest BCUT2D eigenvalue weighted by Gasteiger charge is 2.26. The van der Waals surface area contributed by atoms with Crippen LogP contribution >= 0.6 is 11.6 Å². The van der Waals surface area contributed by atoms with E-state index < -0.39 is 0 Å². The molecule has 0 spiro atoms. The summed E-state index contributed by atoms with van der Waals surface area (Å²) in [5.41, 5.74) is 8.90. The number of fused-ring (bicyclic) bond motifs is 1. The minimum Gasteiger partial charge on any atom is -0.474 e. The van der Waals surface area contributed by atoms with E-state index in [0.717, 1.165) is 67.3 Å². The molecule has 11 nitrogen and oxygen atoms in total. The molecule has 0 unspecified atom stereocenters. The van der Waals surface area contributed by atoms with Gasteiger partial charge in [-0.1, -0.05) is 28.9 Å². The van der Waals surface area contributed by atoms with Crippen molar-refractivity contribution in [2.45, 2.75) is 51.0 Å². The molecule has 5 heterocycles. The molecule has 3 N–H and O–H groups in total. The SMILES string of the molecule is N/C(=N\O)c1cnc2c(c1)nc(CN1CCC(Oc3ccnc(Cc4ccc(Cl)cc4)n3)CC1)n2C[C@@H]1CCO1. The first-order valence-electron chi connectivity index (χ1n) is 13.4. The van der Waals surface area contributed by atoms with Crippen LogP contribution in [0.1, 0.15) is 42.0 Å². The molecular weight excluding hydrogens is 532 g/mol. The number of amidine groups is 1. The molecule has 2 aliphatic rings. The Morgan fingerprint density at radius 1 is 1.12 bits per heavy atom. The molecule has 0 bridgehead atoms. The summed E-state index contributed by atoms with van der Waals surface area (Å²) in [5, 5.41) is 12.9. The average molecular weight is 563 g/mol. The van der Waals surface area contributed by atoms with Gasteiger partial charge in [-0.2, -0.15) is 4.98 Å². The Kier molecular flexibility index (Phi) is 7.76. The quantitative estimate of drug-likeness (QED) is 0.136. The molecule has 3 aromatic heterocycles. The number of pyridine rings is 1. The number of likely N-dealkylation sites (tertiary alicyclic amines) is 1. The van der Waals surface area contributed by atoms with Gasteiger partial charge in [-0.15, -0.1) is 0 Å². The summed E-state index contributed by atoms with van der Waals surface area (Å²) >= 11 is 6.00. The van der Waals surface area contributed by atoms with Crippen LogP contribution in [-0.2, 0) is 24.2 Å². The highest BCUT2D eigenvalue weighted by atomic mass is 35.5. The lowest BCUT2D eigenvalue weighted by atomic mass is 10.1. The molecule has 0 aliphatic carbocycles. The summed E-state index contributed by atoms with van der Waals surface area (Å²) < 4.78 is 14.1. The molecule has 2 fully saturated rings. The van der Waals surface area contributed by atoms with Crippen LogP contribution in [0.25, 0.3) is 11.2 Å². The van der Waals surface area contributed by atoms with E-state index in [9.17, 15) is 0 Å². The molecule has 0 saturated carbocycles. The van der Waals surface area contributed by atoms with Crippen molar-refractivity contribution < 1.29 is 14.7 Å². The van der Waals surface area contributed by atoms with Gasteiger partial charge in [0.1, 0.15) is 23.3 Å². The fourth-order valence-corrected chi connectivity index (χ4v) is 5.20. The maximum absolute atomic E-state index is 9.06. The number of aromatic nitrogens is 5. The number of oxime groups is 1. The fraction of sp³-hybridized carbons (Fsp3) is 0.393. The number of nitrogens with two attached hydrogens (primary N) is 1. The normalized spacial score (nSPS) is 18.6. The molecule has 2 aliphatic heterocycles. The van der Waals surface area contributed by atoms with Crippen molar-refractivity contribution in [2.75, 3.05) is 19.7 Å². The summed E-state index contributed by atoms with van der Waals surface area (Å²) in [6, 6.07) is 11.3. The van der Waals surface area contributed by atoms with E-state index in [2.05, 4.69) is 29.6 Å². The minimum atomic E-state index is 0.00989. The Morgan fingerprint density at radius 3 is 2.65 bits per heavy atom. The maximum Gasteiger partial charge on any atom is 0.216 e. The average Bonchev–Trinajstić information content (AvgIpc) is 3.28. The summed E-state index contributed by atoms with van der Waals surface area (Å²) in [7, 11) is 0. The fourth-order valence-electron chi connectivity index (χ4n) is 5.07. The molecule has 12 heteroatoms. The zero-order valence-electron chi connectivity index (χ0n) is 22.0. The van der Waals surface area contributed by atoms with Gasteiger partial charge in [0, 0.05) is 55.2 Å². The zero-order chi connectivity index (χ0) is 27.5. The van der Waals surface area contributed by atoms with Crippen molar-refractivity contribution >= 4 is 28.6 Å². The van der Waals surface area contributed by atoms with E-state index in [1.807, 2.05) is 36.4 Å². The number of benzene rings is 1. The van der Waals surface area contributed by atoms with E-state index in [1.165, 1.54) is 0 Å².